The number of aromatic amines is 1. The van der Waals surface area contributed by atoms with Gasteiger partial charge >= 0.3 is 11.7 Å². The zero-order valence-corrected chi connectivity index (χ0v) is 15.6. The van der Waals surface area contributed by atoms with Crippen molar-refractivity contribution in [3.63, 3.8) is 0 Å². The molecule has 142 valence electrons. The number of aromatic nitrogens is 5. The SMILES string of the molecule is CCOC(=O)c1[nH]ncc1CN1CCC[C@H](c2nn(C)c(=O)n2CC)C1. The molecule has 0 aromatic carbocycles. The fourth-order valence-electron chi connectivity index (χ4n) is 3.58. The lowest BCUT2D eigenvalue weighted by Gasteiger charge is -2.32. The van der Waals surface area contributed by atoms with Crippen LogP contribution in [0.4, 0.5) is 0 Å². The van der Waals surface area contributed by atoms with E-state index in [2.05, 4.69) is 20.2 Å². The molecule has 1 saturated heterocycles. The second-order valence-electron chi connectivity index (χ2n) is 6.57. The van der Waals surface area contributed by atoms with Gasteiger partial charge in [-0.1, -0.05) is 0 Å². The maximum absolute atomic E-state index is 12.2. The molecule has 1 atom stereocenters. The van der Waals surface area contributed by atoms with Crippen molar-refractivity contribution in [1.82, 2.24) is 29.4 Å². The van der Waals surface area contributed by atoms with Gasteiger partial charge in [0.2, 0.25) is 0 Å². The molecule has 1 fully saturated rings. The highest BCUT2D eigenvalue weighted by molar-refractivity contribution is 5.88. The summed E-state index contributed by atoms with van der Waals surface area (Å²) in [6, 6.07) is 0. The van der Waals surface area contributed by atoms with E-state index in [1.165, 1.54) is 4.68 Å². The molecule has 0 amide bonds. The maximum Gasteiger partial charge on any atom is 0.356 e. The normalized spacial score (nSPS) is 18.2. The number of piperidine rings is 1. The number of carbonyl (C=O) groups excluding carboxylic acids is 1. The number of aryl methyl sites for hydroxylation is 1. The molecule has 2 aromatic rings. The highest BCUT2D eigenvalue weighted by Crippen LogP contribution is 2.26. The Kier molecular flexibility index (Phi) is 5.55. The Hall–Kier alpha value is -2.42. The van der Waals surface area contributed by atoms with Gasteiger partial charge in [-0.05, 0) is 33.2 Å². The Bertz CT molecular complexity index is 821. The quantitative estimate of drug-likeness (QED) is 0.766. The molecule has 9 heteroatoms. The van der Waals surface area contributed by atoms with Gasteiger partial charge in [0.05, 0.1) is 12.8 Å². The number of nitrogens with one attached hydrogen (secondary N) is 1. The van der Waals surface area contributed by atoms with Crippen LogP contribution in [-0.4, -0.2) is 55.1 Å². The van der Waals surface area contributed by atoms with Gasteiger partial charge in [0.15, 0.2) is 0 Å². The third-order valence-corrected chi connectivity index (χ3v) is 4.81. The first-order valence-corrected chi connectivity index (χ1v) is 9.10. The molecular weight excluding hydrogens is 336 g/mol. The summed E-state index contributed by atoms with van der Waals surface area (Å²) in [5.41, 5.74) is 1.18. The van der Waals surface area contributed by atoms with Crippen LogP contribution in [0.3, 0.4) is 0 Å². The Morgan fingerprint density at radius 1 is 1.42 bits per heavy atom. The van der Waals surface area contributed by atoms with Crippen molar-refractivity contribution in [3.05, 3.63) is 33.8 Å². The van der Waals surface area contributed by atoms with Crippen molar-refractivity contribution in [2.24, 2.45) is 7.05 Å². The minimum absolute atomic E-state index is 0.0703. The van der Waals surface area contributed by atoms with Crippen LogP contribution < -0.4 is 5.69 Å². The number of carbonyl (C=O) groups is 1. The van der Waals surface area contributed by atoms with Gasteiger partial charge in [-0.2, -0.15) is 10.2 Å². The summed E-state index contributed by atoms with van der Waals surface area (Å²) in [6.45, 7) is 7.04. The summed E-state index contributed by atoms with van der Waals surface area (Å²) in [6.07, 6.45) is 3.70. The smallest absolute Gasteiger partial charge is 0.356 e. The molecule has 0 spiro atoms. The molecular formula is C17H26N6O3. The Morgan fingerprint density at radius 3 is 2.96 bits per heavy atom. The number of esters is 1. The number of hydrogen-bond acceptors (Lipinski definition) is 6. The molecule has 2 aromatic heterocycles. The van der Waals surface area contributed by atoms with E-state index in [9.17, 15) is 9.59 Å². The lowest BCUT2D eigenvalue weighted by atomic mass is 9.96. The third kappa shape index (κ3) is 3.57. The van der Waals surface area contributed by atoms with Gasteiger partial charge in [0, 0.05) is 38.2 Å². The first-order chi connectivity index (χ1) is 12.5. The number of H-pyrrole nitrogens is 1. The lowest BCUT2D eigenvalue weighted by Crippen LogP contribution is -2.35. The zero-order chi connectivity index (χ0) is 18.7. The van der Waals surface area contributed by atoms with Crippen LogP contribution in [0.2, 0.25) is 0 Å². The summed E-state index contributed by atoms with van der Waals surface area (Å²) in [5.74, 6) is 0.677. The Labute approximate surface area is 151 Å². The second kappa shape index (κ2) is 7.86. The molecule has 1 aliphatic heterocycles. The van der Waals surface area contributed by atoms with Crippen LogP contribution in [0.15, 0.2) is 11.0 Å². The fraction of sp³-hybridized carbons (Fsp3) is 0.647. The van der Waals surface area contributed by atoms with Gasteiger partial charge in [-0.3, -0.25) is 14.6 Å². The van der Waals surface area contributed by atoms with Gasteiger partial charge in [-0.15, -0.1) is 0 Å². The molecule has 3 heterocycles. The summed E-state index contributed by atoms with van der Waals surface area (Å²) in [5, 5.41) is 11.2. The lowest BCUT2D eigenvalue weighted by molar-refractivity contribution is 0.0516. The van der Waals surface area contributed by atoms with Crippen LogP contribution >= 0.6 is 0 Å². The first kappa shape index (κ1) is 18.4. The van der Waals surface area contributed by atoms with Gasteiger partial charge in [-0.25, -0.2) is 14.3 Å². The van der Waals surface area contributed by atoms with Crippen molar-refractivity contribution < 1.29 is 9.53 Å². The third-order valence-electron chi connectivity index (χ3n) is 4.81. The van der Waals surface area contributed by atoms with E-state index < -0.39 is 0 Å². The number of likely N-dealkylation sites (tertiary alicyclic amines) is 1. The minimum atomic E-state index is -0.377. The number of hydrogen-bond donors (Lipinski definition) is 1. The molecule has 9 nitrogen and oxygen atoms in total. The van der Waals surface area contributed by atoms with Crippen molar-refractivity contribution in [2.75, 3.05) is 19.7 Å². The van der Waals surface area contributed by atoms with Crippen LogP contribution in [0.25, 0.3) is 0 Å². The molecule has 1 N–H and O–H groups in total. The molecule has 0 unspecified atom stereocenters. The minimum Gasteiger partial charge on any atom is -0.461 e. The summed E-state index contributed by atoms with van der Waals surface area (Å²) < 4.78 is 8.23. The van der Waals surface area contributed by atoms with E-state index in [0.717, 1.165) is 37.3 Å². The number of ether oxygens (including phenoxy) is 1. The van der Waals surface area contributed by atoms with Crippen molar-refractivity contribution >= 4 is 5.97 Å². The summed E-state index contributed by atoms with van der Waals surface area (Å²) in [4.78, 5) is 26.5. The van der Waals surface area contributed by atoms with Crippen molar-refractivity contribution in [2.45, 2.75) is 45.7 Å². The predicted molar refractivity (Wildman–Crippen MR) is 94.9 cm³/mol. The molecule has 26 heavy (non-hydrogen) atoms. The largest absolute Gasteiger partial charge is 0.461 e. The molecule has 3 rings (SSSR count). The number of rotatable bonds is 6. The van der Waals surface area contributed by atoms with E-state index in [4.69, 9.17) is 4.74 Å². The average Bonchev–Trinajstić information content (AvgIpc) is 3.20. The molecule has 0 saturated carbocycles. The summed E-state index contributed by atoms with van der Waals surface area (Å²) >= 11 is 0. The molecule has 0 bridgehead atoms. The van der Waals surface area contributed by atoms with Crippen LogP contribution in [0, 0.1) is 0 Å². The predicted octanol–water partition coefficient (Wildman–Crippen LogP) is 0.881. The van der Waals surface area contributed by atoms with Crippen molar-refractivity contribution in [3.8, 4) is 0 Å². The maximum atomic E-state index is 12.2. The van der Waals surface area contributed by atoms with Crippen LogP contribution in [0.5, 0.6) is 0 Å². The van der Waals surface area contributed by atoms with Gasteiger partial charge in [0.1, 0.15) is 11.5 Å². The first-order valence-electron chi connectivity index (χ1n) is 9.10. The van der Waals surface area contributed by atoms with E-state index in [0.29, 0.717) is 25.4 Å². The van der Waals surface area contributed by atoms with E-state index in [-0.39, 0.29) is 17.6 Å². The fourth-order valence-corrected chi connectivity index (χ4v) is 3.58. The van der Waals surface area contributed by atoms with E-state index >= 15 is 0 Å². The Morgan fingerprint density at radius 2 is 2.23 bits per heavy atom. The van der Waals surface area contributed by atoms with Gasteiger partial charge in [0.25, 0.3) is 0 Å². The average molecular weight is 362 g/mol. The number of nitrogens with zero attached hydrogens (tertiary/aromatic N) is 5. The summed E-state index contributed by atoms with van der Waals surface area (Å²) in [7, 11) is 1.69. The topological polar surface area (TPSA) is 98.0 Å². The second-order valence-corrected chi connectivity index (χ2v) is 6.57. The van der Waals surface area contributed by atoms with Gasteiger partial charge < -0.3 is 4.74 Å². The van der Waals surface area contributed by atoms with E-state index in [1.54, 1.807) is 24.7 Å². The van der Waals surface area contributed by atoms with Crippen molar-refractivity contribution in [1.29, 1.82) is 0 Å². The van der Waals surface area contributed by atoms with E-state index in [1.807, 2.05) is 6.92 Å². The molecule has 1 aliphatic rings. The monoisotopic (exact) mass is 362 g/mol. The highest BCUT2D eigenvalue weighted by atomic mass is 16.5. The standard InChI is InChI=1S/C17H26N6O3/c1-4-23-15(20-21(3)17(23)25)12-7-6-8-22(10-12)11-13-9-18-19-14(13)16(24)26-5-2/h9,12H,4-8,10-11H2,1-3H3,(H,18,19)/t12-/m0/s1. The van der Waals surface area contributed by atoms with Crippen LogP contribution in [0.1, 0.15) is 54.5 Å². The zero-order valence-electron chi connectivity index (χ0n) is 15.6. The molecule has 0 aliphatic carbocycles. The van der Waals surface area contributed by atoms with Crippen LogP contribution in [-0.2, 0) is 24.9 Å². The molecule has 0 radical (unpaired) electrons. The Balaban J connectivity index is 1.74. The highest BCUT2D eigenvalue weighted by Gasteiger charge is 2.27.